The number of carboxylic acid groups (broad SMARTS) is 1. The first-order valence-corrected chi connectivity index (χ1v) is 6.52. The van der Waals surface area contributed by atoms with Crippen LogP contribution in [0.15, 0.2) is 23.1 Å². The molecule has 3 rings (SSSR count). The minimum Gasteiger partial charge on any atom is -0.496 e. The number of aryl methyl sites for hydroxylation is 1. The summed E-state index contributed by atoms with van der Waals surface area (Å²) in [5, 5.41) is 9.60. The molecule has 0 spiro atoms. The van der Waals surface area contributed by atoms with Crippen molar-refractivity contribution in [2.45, 2.75) is 25.8 Å². The fourth-order valence-corrected chi connectivity index (χ4v) is 2.90. The molecule has 1 aromatic heterocycles. The number of carbonyl (C=O) groups is 1. The monoisotopic (exact) mass is 273 g/mol. The van der Waals surface area contributed by atoms with Crippen LogP contribution in [-0.2, 0) is 6.42 Å². The number of hydrogen-bond acceptors (Lipinski definition) is 3. The van der Waals surface area contributed by atoms with Crippen LogP contribution in [0.2, 0.25) is 0 Å². The molecule has 0 saturated heterocycles. The maximum Gasteiger partial charge on any atom is 0.341 e. The molecule has 5 heteroatoms. The number of hydrogen-bond donors (Lipinski definition) is 1. The number of aromatic nitrogens is 1. The zero-order valence-corrected chi connectivity index (χ0v) is 11.3. The lowest BCUT2D eigenvalue weighted by molar-refractivity contribution is 0.0694. The Morgan fingerprint density at radius 3 is 2.85 bits per heavy atom. The first-order chi connectivity index (χ1) is 9.54. The van der Waals surface area contributed by atoms with Gasteiger partial charge in [-0.15, -0.1) is 0 Å². The molecular formula is C15H15NO4. The van der Waals surface area contributed by atoms with Crippen LogP contribution in [-0.4, -0.2) is 22.8 Å². The number of pyridine rings is 1. The summed E-state index contributed by atoms with van der Waals surface area (Å²) in [6, 6.07) is 3.85. The standard InChI is InChI=1S/C15H15NO4/c1-8-3-4-9-5-6-11(20-2)12-13(9)16(8)7-10(14(12)17)15(18)19/h5-8H,3-4H2,1-2H3,(H,18,19). The zero-order valence-electron chi connectivity index (χ0n) is 11.3. The molecule has 1 atom stereocenters. The molecule has 20 heavy (non-hydrogen) atoms. The van der Waals surface area contributed by atoms with Crippen molar-refractivity contribution in [1.82, 2.24) is 4.57 Å². The Bertz CT molecular complexity index is 776. The Kier molecular flexibility index (Phi) is 2.78. The van der Waals surface area contributed by atoms with E-state index >= 15 is 0 Å². The quantitative estimate of drug-likeness (QED) is 0.911. The van der Waals surface area contributed by atoms with Crippen molar-refractivity contribution in [3.05, 3.63) is 39.7 Å². The number of carboxylic acids is 1. The average Bonchev–Trinajstić information content (AvgIpc) is 2.44. The molecule has 5 nitrogen and oxygen atoms in total. The lowest BCUT2D eigenvalue weighted by Gasteiger charge is -2.27. The molecule has 0 fully saturated rings. The summed E-state index contributed by atoms with van der Waals surface area (Å²) in [7, 11) is 1.49. The van der Waals surface area contributed by atoms with Crippen LogP contribution in [0.1, 0.15) is 35.3 Å². The van der Waals surface area contributed by atoms with Crippen LogP contribution in [0, 0.1) is 0 Å². The topological polar surface area (TPSA) is 68.5 Å². The van der Waals surface area contributed by atoms with Crippen molar-refractivity contribution in [2.24, 2.45) is 0 Å². The molecule has 1 aromatic carbocycles. The van der Waals surface area contributed by atoms with E-state index < -0.39 is 11.4 Å². The van der Waals surface area contributed by atoms with Crippen molar-refractivity contribution in [2.75, 3.05) is 7.11 Å². The number of nitrogens with zero attached hydrogens (tertiary/aromatic N) is 1. The lowest BCUT2D eigenvalue weighted by atomic mass is 9.95. The molecule has 1 aliphatic rings. The highest BCUT2D eigenvalue weighted by molar-refractivity contribution is 5.96. The van der Waals surface area contributed by atoms with Crippen LogP contribution < -0.4 is 10.2 Å². The van der Waals surface area contributed by atoms with Gasteiger partial charge in [0.2, 0.25) is 5.43 Å². The van der Waals surface area contributed by atoms with Crippen LogP contribution >= 0.6 is 0 Å². The predicted molar refractivity (Wildman–Crippen MR) is 74.8 cm³/mol. The van der Waals surface area contributed by atoms with Crippen molar-refractivity contribution >= 4 is 16.9 Å². The van der Waals surface area contributed by atoms with Gasteiger partial charge in [-0.2, -0.15) is 0 Å². The molecule has 2 heterocycles. The number of aromatic carboxylic acids is 1. The fourth-order valence-electron chi connectivity index (χ4n) is 2.90. The van der Waals surface area contributed by atoms with Gasteiger partial charge in [0.1, 0.15) is 11.3 Å². The highest BCUT2D eigenvalue weighted by Crippen LogP contribution is 2.34. The van der Waals surface area contributed by atoms with Crippen LogP contribution in [0.5, 0.6) is 5.75 Å². The zero-order chi connectivity index (χ0) is 14.4. The number of benzene rings is 1. The van der Waals surface area contributed by atoms with Crippen molar-refractivity contribution in [3.63, 3.8) is 0 Å². The van der Waals surface area contributed by atoms with Gasteiger partial charge in [-0.3, -0.25) is 4.79 Å². The van der Waals surface area contributed by atoms with E-state index in [1.807, 2.05) is 17.6 Å². The Hall–Kier alpha value is -2.30. The lowest BCUT2D eigenvalue weighted by Crippen LogP contribution is -2.24. The van der Waals surface area contributed by atoms with E-state index in [9.17, 15) is 14.7 Å². The summed E-state index contributed by atoms with van der Waals surface area (Å²) >= 11 is 0. The Labute approximate surface area is 115 Å². The van der Waals surface area contributed by atoms with E-state index in [2.05, 4.69) is 0 Å². The van der Waals surface area contributed by atoms with E-state index in [1.165, 1.54) is 13.3 Å². The molecule has 0 amide bonds. The molecule has 1 aliphatic heterocycles. The number of rotatable bonds is 2. The maximum absolute atomic E-state index is 12.4. The van der Waals surface area contributed by atoms with E-state index in [0.29, 0.717) is 11.1 Å². The first kappa shape index (κ1) is 12.7. The molecule has 0 aliphatic carbocycles. The van der Waals surface area contributed by atoms with Crippen LogP contribution in [0.4, 0.5) is 0 Å². The Morgan fingerprint density at radius 2 is 2.20 bits per heavy atom. The van der Waals surface area contributed by atoms with E-state index in [1.54, 1.807) is 6.07 Å². The van der Waals surface area contributed by atoms with Crippen molar-refractivity contribution in [1.29, 1.82) is 0 Å². The number of methoxy groups -OCH3 is 1. The highest BCUT2D eigenvalue weighted by Gasteiger charge is 2.24. The summed E-state index contributed by atoms with van der Waals surface area (Å²) in [6.45, 7) is 2.03. The SMILES string of the molecule is COc1ccc2c3c1c(=O)c(C(=O)O)cn3C(C)CC2. The molecular weight excluding hydrogens is 258 g/mol. The first-order valence-electron chi connectivity index (χ1n) is 6.52. The molecule has 1 unspecified atom stereocenters. The van der Waals surface area contributed by atoms with Gasteiger partial charge in [-0.25, -0.2) is 4.79 Å². The van der Waals surface area contributed by atoms with Gasteiger partial charge in [0.25, 0.3) is 0 Å². The second-order valence-electron chi connectivity index (χ2n) is 5.12. The normalized spacial score (nSPS) is 17.2. The summed E-state index contributed by atoms with van der Waals surface area (Å²) < 4.78 is 7.14. The summed E-state index contributed by atoms with van der Waals surface area (Å²) in [6.07, 6.45) is 3.27. The third kappa shape index (κ3) is 1.62. The van der Waals surface area contributed by atoms with Gasteiger partial charge in [0, 0.05) is 12.2 Å². The maximum atomic E-state index is 12.4. The third-order valence-electron chi connectivity index (χ3n) is 3.98. The fraction of sp³-hybridized carbons (Fsp3) is 0.333. The van der Waals surface area contributed by atoms with Crippen molar-refractivity contribution < 1.29 is 14.6 Å². The average molecular weight is 273 g/mol. The van der Waals surface area contributed by atoms with Gasteiger partial charge in [0.05, 0.1) is 18.0 Å². The Morgan fingerprint density at radius 1 is 1.45 bits per heavy atom. The largest absolute Gasteiger partial charge is 0.496 e. The number of ether oxygens (including phenoxy) is 1. The minimum absolute atomic E-state index is 0.163. The second-order valence-corrected chi connectivity index (χ2v) is 5.12. The molecule has 0 saturated carbocycles. The van der Waals surface area contributed by atoms with E-state index in [4.69, 9.17) is 4.74 Å². The summed E-state index contributed by atoms with van der Waals surface area (Å²) in [5.74, 6) is -0.773. The van der Waals surface area contributed by atoms with Gasteiger partial charge >= 0.3 is 5.97 Å². The van der Waals surface area contributed by atoms with Gasteiger partial charge in [-0.1, -0.05) is 6.07 Å². The predicted octanol–water partition coefficient (Wildman–Crippen LogP) is 2.22. The van der Waals surface area contributed by atoms with E-state index in [-0.39, 0.29) is 11.6 Å². The molecule has 104 valence electrons. The molecule has 2 aromatic rings. The smallest absolute Gasteiger partial charge is 0.341 e. The van der Waals surface area contributed by atoms with E-state index in [0.717, 1.165) is 23.9 Å². The van der Waals surface area contributed by atoms with Crippen molar-refractivity contribution in [3.8, 4) is 5.75 Å². The summed E-state index contributed by atoms with van der Waals surface area (Å²) in [4.78, 5) is 23.7. The second kappa shape index (κ2) is 4.37. The molecule has 0 bridgehead atoms. The molecule has 1 N–H and O–H groups in total. The molecule has 0 radical (unpaired) electrons. The Balaban J connectivity index is 2.55. The third-order valence-corrected chi connectivity index (χ3v) is 3.98. The summed E-state index contributed by atoms with van der Waals surface area (Å²) in [5.41, 5.74) is 1.18. The van der Waals surface area contributed by atoms with Crippen LogP contribution in [0.3, 0.4) is 0 Å². The van der Waals surface area contributed by atoms with Gasteiger partial charge in [-0.05, 0) is 31.4 Å². The minimum atomic E-state index is -1.20. The van der Waals surface area contributed by atoms with Gasteiger partial charge < -0.3 is 14.4 Å². The van der Waals surface area contributed by atoms with Crippen LogP contribution in [0.25, 0.3) is 10.9 Å². The highest BCUT2D eigenvalue weighted by atomic mass is 16.5. The van der Waals surface area contributed by atoms with Gasteiger partial charge in [0.15, 0.2) is 0 Å².